The molecule has 4 nitrogen and oxygen atoms in total. The van der Waals surface area contributed by atoms with Crippen LogP contribution >= 0.6 is 0 Å². The van der Waals surface area contributed by atoms with E-state index in [0.717, 1.165) is 11.3 Å². The van der Waals surface area contributed by atoms with Crippen LogP contribution in [-0.2, 0) is 0 Å². The summed E-state index contributed by atoms with van der Waals surface area (Å²) < 4.78 is 10.3. The molecule has 2 unspecified atom stereocenters. The van der Waals surface area contributed by atoms with Gasteiger partial charge in [-0.2, -0.15) is 0 Å². The van der Waals surface area contributed by atoms with E-state index in [-0.39, 0.29) is 18.7 Å². The number of nitrogens with one attached hydrogen (secondary N) is 1. The molecule has 0 saturated heterocycles. The summed E-state index contributed by atoms with van der Waals surface area (Å²) in [6.07, 6.45) is 4.92. The van der Waals surface area contributed by atoms with Crippen LogP contribution in [0, 0.1) is 0 Å². The number of aliphatic hydroxyl groups is 1. The highest BCUT2D eigenvalue weighted by atomic mass is 16.3. The summed E-state index contributed by atoms with van der Waals surface area (Å²) in [4.78, 5) is 0. The molecule has 0 aromatic carbocycles. The molecule has 4 heteroatoms. The van der Waals surface area contributed by atoms with Crippen molar-refractivity contribution >= 4 is 0 Å². The van der Waals surface area contributed by atoms with E-state index in [1.807, 2.05) is 25.1 Å². The van der Waals surface area contributed by atoms with Gasteiger partial charge < -0.3 is 13.9 Å². The Labute approximate surface area is 93.9 Å². The smallest absolute Gasteiger partial charge is 0.123 e. The predicted octanol–water partition coefficient (Wildman–Crippen LogP) is 2.26. The van der Waals surface area contributed by atoms with Gasteiger partial charge in [-0.1, -0.05) is 0 Å². The second-order valence-electron chi connectivity index (χ2n) is 3.70. The van der Waals surface area contributed by atoms with Crippen LogP contribution < -0.4 is 5.32 Å². The Morgan fingerprint density at radius 1 is 1.38 bits per heavy atom. The molecule has 0 aliphatic rings. The first-order valence-electron chi connectivity index (χ1n) is 5.23. The summed E-state index contributed by atoms with van der Waals surface area (Å²) in [6, 6.07) is 5.45. The minimum atomic E-state index is -0.195. The highest BCUT2D eigenvalue weighted by Crippen LogP contribution is 2.19. The maximum Gasteiger partial charge on any atom is 0.123 e. The Hall–Kier alpha value is -1.52. The van der Waals surface area contributed by atoms with E-state index >= 15 is 0 Å². The van der Waals surface area contributed by atoms with Crippen LogP contribution in [0.5, 0.6) is 0 Å². The fourth-order valence-electron chi connectivity index (χ4n) is 1.63. The Balaban J connectivity index is 2.02. The Kier molecular flexibility index (Phi) is 3.44. The number of rotatable bonds is 5. The van der Waals surface area contributed by atoms with Gasteiger partial charge in [-0.25, -0.2) is 0 Å². The second kappa shape index (κ2) is 5.01. The van der Waals surface area contributed by atoms with Crippen molar-refractivity contribution in [3.05, 3.63) is 48.3 Å². The SMILES string of the molecule is CC(NC(CO)c1ccco1)c1ccoc1. The normalized spacial score (nSPS) is 14.9. The van der Waals surface area contributed by atoms with Crippen LogP contribution in [0.4, 0.5) is 0 Å². The van der Waals surface area contributed by atoms with Gasteiger partial charge in [-0.05, 0) is 25.1 Å². The number of hydrogen-bond acceptors (Lipinski definition) is 4. The van der Waals surface area contributed by atoms with Gasteiger partial charge in [0.15, 0.2) is 0 Å². The molecule has 2 rings (SSSR count). The molecule has 0 amide bonds. The van der Waals surface area contributed by atoms with Crippen molar-refractivity contribution in [1.29, 1.82) is 0 Å². The molecule has 0 saturated carbocycles. The topological polar surface area (TPSA) is 58.5 Å². The molecule has 0 aliphatic heterocycles. The van der Waals surface area contributed by atoms with Gasteiger partial charge in [0, 0.05) is 11.6 Å². The van der Waals surface area contributed by atoms with Crippen LogP contribution in [0.15, 0.2) is 45.8 Å². The molecule has 2 heterocycles. The largest absolute Gasteiger partial charge is 0.472 e. The molecule has 0 fully saturated rings. The van der Waals surface area contributed by atoms with Crippen molar-refractivity contribution < 1.29 is 13.9 Å². The summed E-state index contributed by atoms with van der Waals surface area (Å²) in [5, 5.41) is 12.6. The lowest BCUT2D eigenvalue weighted by molar-refractivity contribution is 0.217. The van der Waals surface area contributed by atoms with E-state index in [0.29, 0.717) is 0 Å². The van der Waals surface area contributed by atoms with Crippen LogP contribution in [0.3, 0.4) is 0 Å². The van der Waals surface area contributed by atoms with E-state index in [9.17, 15) is 5.11 Å². The average Bonchev–Trinajstić information content (AvgIpc) is 2.96. The minimum Gasteiger partial charge on any atom is -0.472 e. The molecule has 0 aliphatic carbocycles. The number of furan rings is 2. The third-order valence-electron chi connectivity index (χ3n) is 2.56. The van der Waals surface area contributed by atoms with Gasteiger partial charge in [-0.15, -0.1) is 0 Å². The van der Waals surface area contributed by atoms with Gasteiger partial charge in [0.25, 0.3) is 0 Å². The summed E-state index contributed by atoms with van der Waals surface area (Å²) >= 11 is 0. The summed E-state index contributed by atoms with van der Waals surface area (Å²) in [7, 11) is 0. The summed E-state index contributed by atoms with van der Waals surface area (Å²) in [5.74, 6) is 0.734. The molecule has 0 radical (unpaired) electrons. The lowest BCUT2D eigenvalue weighted by atomic mass is 10.1. The number of hydrogen-bond donors (Lipinski definition) is 2. The fourth-order valence-corrected chi connectivity index (χ4v) is 1.63. The zero-order valence-corrected chi connectivity index (χ0v) is 9.09. The summed E-state index contributed by atoms with van der Waals surface area (Å²) in [5.41, 5.74) is 1.05. The fraction of sp³-hybridized carbons (Fsp3) is 0.333. The lowest BCUT2D eigenvalue weighted by Gasteiger charge is -2.18. The molecule has 16 heavy (non-hydrogen) atoms. The van der Waals surface area contributed by atoms with Gasteiger partial charge in [0.05, 0.1) is 31.4 Å². The monoisotopic (exact) mass is 221 g/mol. The van der Waals surface area contributed by atoms with Gasteiger partial charge >= 0.3 is 0 Å². The molecular formula is C12H15NO3. The number of aliphatic hydroxyl groups excluding tert-OH is 1. The van der Waals surface area contributed by atoms with E-state index in [2.05, 4.69) is 5.32 Å². The minimum absolute atomic E-state index is 0.00426. The Bertz CT molecular complexity index is 394. The Morgan fingerprint density at radius 2 is 2.25 bits per heavy atom. The third kappa shape index (κ3) is 2.35. The maximum atomic E-state index is 9.30. The van der Waals surface area contributed by atoms with Crippen molar-refractivity contribution in [2.75, 3.05) is 6.61 Å². The predicted molar refractivity (Wildman–Crippen MR) is 58.8 cm³/mol. The van der Waals surface area contributed by atoms with Crippen molar-refractivity contribution in [3.63, 3.8) is 0 Å². The van der Waals surface area contributed by atoms with Crippen molar-refractivity contribution in [3.8, 4) is 0 Å². The highest BCUT2D eigenvalue weighted by molar-refractivity contribution is 5.12. The van der Waals surface area contributed by atoms with Crippen LogP contribution in [0.25, 0.3) is 0 Å². The highest BCUT2D eigenvalue weighted by Gasteiger charge is 2.17. The van der Waals surface area contributed by atoms with E-state index in [4.69, 9.17) is 8.83 Å². The first-order valence-corrected chi connectivity index (χ1v) is 5.23. The zero-order valence-electron chi connectivity index (χ0n) is 9.09. The van der Waals surface area contributed by atoms with Gasteiger partial charge in [0.1, 0.15) is 5.76 Å². The van der Waals surface area contributed by atoms with Crippen molar-refractivity contribution in [2.45, 2.75) is 19.0 Å². The molecule has 0 spiro atoms. The maximum absolute atomic E-state index is 9.30. The van der Waals surface area contributed by atoms with Gasteiger partial charge in [0.2, 0.25) is 0 Å². The summed E-state index contributed by atoms with van der Waals surface area (Å²) in [6.45, 7) is 2.01. The molecule has 0 bridgehead atoms. The van der Waals surface area contributed by atoms with Gasteiger partial charge in [-0.3, -0.25) is 5.32 Å². The van der Waals surface area contributed by atoms with Crippen LogP contribution in [-0.4, -0.2) is 11.7 Å². The molecule has 2 aromatic heterocycles. The standard InChI is InChI=1S/C12H15NO3/c1-9(10-4-6-15-8-10)13-11(7-14)12-3-2-5-16-12/h2-6,8-9,11,13-14H,7H2,1H3. The third-order valence-corrected chi connectivity index (χ3v) is 2.56. The quantitative estimate of drug-likeness (QED) is 0.813. The Morgan fingerprint density at radius 3 is 2.81 bits per heavy atom. The second-order valence-corrected chi connectivity index (χ2v) is 3.70. The van der Waals surface area contributed by atoms with E-state index in [1.54, 1.807) is 18.8 Å². The van der Waals surface area contributed by atoms with Crippen LogP contribution in [0.2, 0.25) is 0 Å². The molecular weight excluding hydrogens is 206 g/mol. The molecule has 2 atom stereocenters. The van der Waals surface area contributed by atoms with E-state index in [1.165, 1.54) is 0 Å². The van der Waals surface area contributed by atoms with E-state index < -0.39 is 0 Å². The molecule has 2 N–H and O–H groups in total. The first-order chi connectivity index (χ1) is 7.81. The average molecular weight is 221 g/mol. The first kappa shape index (κ1) is 11.0. The van der Waals surface area contributed by atoms with Crippen LogP contribution in [0.1, 0.15) is 30.3 Å². The molecule has 86 valence electrons. The molecule has 2 aromatic rings. The lowest BCUT2D eigenvalue weighted by Crippen LogP contribution is -2.26. The zero-order chi connectivity index (χ0) is 11.4. The van der Waals surface area contributed by atoms with Crippen molar-refractivity contribution in [2.24, 2.45) is 0 Å². The van der Waals surface area contributed by atoms with Crippen molar-refractivity contribution in [1.82, 2.24) is 5.32 Å².